The Morgan fingerprint density at radius 3 is 2.48 bits per heavy atom. The van der Waals surface area contributed by atoms with Crippen molar-refractivity contribution in [2.75, 3.05) is 7.11 Å². The van der Waals surface area contributed by atoms with Gasteiger partial charge in [0, 0.05) is 21.7 Å². The first-order valence-corrected chi connectivity index (χ1v) is 10.2. The van der Waals surface area contributed by atoms with Gasteiger partial charge in [-0.3, -0.25) is 14.9 Å². The molecule has 3 rings (SSSR count). The van der Waals surface area contributed by atoms with E-state index in [-0.39, 0.29) is 23.8 Å². The zero-order chi connectivity index (χ0) is 22.4. The van der Waals surface area contributed by atoms with Crippen LogP contribution in [-0.4, -0.2) is 17.8 Å². The van der Waals surface area contributed by atoms with Crippen molar-refractivity contribution in [2.24, 2.45) is 0 Å². The molecule has 0 saturated heterocycles. The van der Waals surface area contributed by atoms with Crippen molar-refractivity contribution >= 4 is 33.5 Å². The second-order valence-corrected chi connectivity index (χ2v) is 7.71. The summed E-state index contributed by atoms with van der Waals surface area (Å²) in [5, 5.41) is 11.3. The molecule has 3 aromatic carbocycles. The van der Waals surface area contributed by atoms with Gasteiger partial charge in [-0.2, -0.15) is 0 Å². The number of hydrogen-bond donors (Lipinski definition) is 0. The maximum Gasteiger partial charge on any atom is 0.310 e. The van der Waals surface area contributed by atoms with Gasteiger partial charge in [0.15, 0.2) is 11.5 Å². The molecule has 158 valence electrons. The summed E-state index contributed by atoms with van der Waals surface area (Å²) in [7, 11) is 1.54. The van der Waals surface area contributed by atoms with Crippen LogP contribution in [0.4, 0.5) is 5.69 Å². The Bertz CT molecular complexity index is 1140. The molecule has 0 radical (unpaired) electrons. The highest BCUT2D eigenvalue weighted by molar-refractivity contribution is 9.10. The number of nitro groups is 1. The molecule has 0 spiro atoms. The lowest BCUT2D eigenvalue weighted by Gasteiger charge is -2.12. The largest absolute Gasteiger partial charge is 0.496 e. The van der Waals surface area contributed by atoms with E-state index in [1.807, 2.05) is 31.2 Å². The van der Waals surface area contributed by atoms with Crippen molar-refractivity contribution in [1.82, 2.24) is 0 Å². The van der Waals surface area contributed by atoms with Crippen LogP contribution in [0.25, 0.3) is 6.08 Å². The third-order valence-electron chi connectivity index (χ3n) is 4.56. The molecule has 0 heterocycles. The molecule has 0 amide bonds. The molecule has 0 saturated carbocycles. The van der Waals surface area contributed by atoms with Gasteiger partial charge in [0.2, 0.25) is 0 Å². The van der Waals surface area contributed by atoms with Crippen LogP contribution in [0.3, 0.4) is 0 Å². The van der Waals surface area contributed by atoms with Gasteiger partial charge < -0.3 is 9.47 Å². The zero-order valence-electron chi connectivity index (χ0n) is 17.0. The second kappa shape index (κ2) is 10.0. The van der Waals surface area contributed by atoms with Crippen LogP contribution >= 0.6 is 15.9 Å². The smallest absolute Gasteiger partial charge is 0.310 e. The third kappa shape index (κ3) is 5.79. The predicted octanol–water partition coefficient (Wildman–Crippen LogP) is 6.15. The van der Waals surface area contributed by atoms with Gasteiger partial charge in [-0.1, -0.05) is 34.1 Å². The number of nitro benzene ring substituents is 1. The lowest BCUT2D eigenvalue weighted by atomic mass is 10.1. The Morgan fingerprint density at radius 2 is 1.81 bits per heavy atom. The highest BCUT2D eigenvalue weighted by Gasteiger charge is 2.16. The number of ether oxygens (including phenoxy) is 2. The van der Waals surface area contributed by atoms with Gasteiger partial charge in [0.1, 0.15) is 12.4 Å². The molecular weight excluding hydrogens is 462 g/mol. The summed E-state index contributed by atoms with van der Waals surface area (Å²) in [5.74, 6) is 0.668. The SMILES string of the molecule is COc1ccc(/C=C/C(=O)c2ccc(Br)cc2)cc1COc1cc(C)ccc1[N+](=O)[O-]. The number of carbonyl (C=O) groups excluding carboxylic acids is 1. The van der Waals surface area contributed by atoms with Crippen LogP contribution in [-0.2, 0) is 6.61 Å². The van der Waals surface area contributed by atoms with E-state index in [1.165, 1.54) is 12.1 Å². The molecule has 7 heteroatoms. The average Bonchev–Trinajstić information content (AvgIpc) is 2.76. The molecule has 0 N–H and O–H groups in total. The molecule has 0 bridgehead atoms. The summed E-state index contributed by atoms with van der Waals surface area (Å²) < 4.78 is 12.0. The normalized spacial score (nSPS) is 10.8. The van der Waals surface area contributed by atoms with Crippen molar-refractivity contribution in [2.45, 2.75) is 13.5 Å². The third-order valence-corrected chi connectivity index (χ3v) is 5.08. The minimum absolute atomic E-state index is 0.0792. The molecule has 6 nitrogen and oxygen atoms in total. The van der Waals surface area contributed by atoms with Crippen LogP contribution < -0.4 is 9.47 Å². The molecule has 0 unspecified atom stereocenters. The average molecular weight is 482 g/mol. The monoisotopic (exact) mass is 481 g/mol. The first-order valence-electron chi connectivity index (χ1n) is 9.40. The highest BCUT2D eigenvalue weighted by atomic mass is 79.9. The number of hydrogen-bond acceptors (Lipinski definition) is 5. The van der Waals surface area contributed by atoms with Gasteiger partial charge in [-0.25, -0.2) is 0 Å². The molecular formula is C24H20BrNO5. The number of ketones is 1. The minimum Gasteiger partial charge on any atom is -0.496 e. The molecule has 0 aliphatic carbocycles. The highest BCUT2D eigenvalue weighted by Crippen LogP contribution is 2.30. The fourth-order valence-corrected chi connectivity index (χ4v) is 3.20. The molecule has 0 aliphatic rings. The summed E-state index contributed by atoms with van der Waals surface area (Å²) in [6.45, 7) is 1.92. The van der Waals surface area contributed by atoms with E-state index >= 15 is 0 Å². The first kappa shape index (κ1) is 22.2. The van der Waals surface area contributed by atoms with E-state index in [2.05, 4.69) is 15.9 Å². The predicted molar refractivity (Wildman–Crippen MR) is 123 cm³/mol. The Hall–Kier alpha value is -3.45. The molecule has 3 aromatic rings. The Kier molecular flexibility index (Phi) is 7.20. The van der Waals surface area contributed by atoms with Gasteiger partial charge in [0.25, 0.3) is 0 Å². The summed E-state index contributed by atoms with van der Waals surface area (Å²) in [6, 6.07) is 17.3. The van der Waals surface area contributed by atoms with Gasteiger partial charge in [-0.05, 0) is 66.6 Å². The minimum atomic E-state index is -0.473. The van der Waals surface area contributed by atoms with Gasteiger partial charge >= 0.3 is 5.69 Å². The van der Waals surface area contributed by atoms with E-state index in [9.17, 15) is 14.9 Å². The first-order chi connectivity index (χ1) is 14.9. The van der Waals surface area contributed by atoms with Crippen LogP contribution in [0.15, 0.2) is 71.2 Å². The summed E-state index contributed by atoms with van der Waals surface area (Å²) in [4.78, 5) is 23.2. The molecule has 0 fully saturated rings. The Balaban J connectivity index is 1.80. The quantitative estimate of drug-likeness (QED) is 0.167. The van der Waals surface area contributed by atoms with Crippen molar-refractivity contribution in [3.8, 4) is 11.5 Å². The zero-order valence-corrected chi connectivity index (χ0v) is 18.6. The maximum atomic E-state index is 12.4. The molecule has 0 aromatic heterocycles. The van der Waals surface area contributed by atoms with E-state index < -0.39 is 4.92 Å². The molecule has 0 aliphatic heterocycles. The van der Waals surface area contributed by atoms with Crippen LogP contribution in [0.1, 0.15) is 27.0 Å². The summed E-state index contributed by atoms with van der Waals surface area (Å²) in [6.07, 6.45) is 3.21. The number of methoxy groups -OCH3 is 1. The maximum absolute atomic E-state index is 12.4. The van der Waals surface area contributed by atoms with Gasteiger partial charge in [-0.15, -0.1) is 0 Å². The summed E-state index contributed by atoms with van der Waals surface area (Å²) in [5.41, 5.74) is 2.83. The van der Waals surface area contributed by atoms with Crippen LogP contribution in [0.2, 0.25) is 0 Å². The Morgan fingerprint density at radius 1 is 1.06 bits per heavy atom. The number of halogens is 1. The lowest BCUT2D eigenvalue weighted by molar-refractivity contribution is -0.386. The number of carbonyl (C=O) groups is 1. The number of benzene rings is 3. The number of allylic oxidation sites excluding steroid dienone is 1. The molecule has 0 atom stereocenters. The molecule has 31 heavy (non-hydrogen) atoms. The van der Waals surface area contributed by atoms with E-state index in [4.69, 9.17) is 9.47 Å². The van der Waals surface area contributed by atoms with E-state index in [0.29, 0.717) is 16.9 Å². The number of nitrogens with zero attached hydrogens (tertiary/aromatic N) is 1. The van der Waals surface area contributed by atoms with Crippen LogP contribution in [0, 0.1) is 17.0 Å². The summed E-state index contributed by atoms with van der Waals surface area (Å²) >= 11 is 3.35. The van der Waals surface area contributed by atoms with Gasteiger partial charge in [0.05, 0.1) is 12.0 Å². The van der Waals surface area contributed by atoms with Crippen molar-refractivity contribution in [3.05, 3.63) is 104 Å². The van der Waals surface area contributed by atoms with Crippen molar-refractivity contribution in [1.29, 1.82) is 0 Å². The lowest BCUT2D eigenvalue weighted by Crippen LogP contribution is -2.02. The number of rotatable bonds is 8. The topological polar surface area (TPSA) is 78.7 Å². The van der Waals surface area contributed by atoms with Crippen molar-refractivity contribution < 1.29 is 19.2 Å². The standard InChI is InChI=1S/C24H20BrNO5/c1-16-3-10-21(26(28)29)24(13-16)31-15-19-14-17(5-12-23(19)30-2)4-11-22(27)18-6-8-20(25)9-7-18/h3-14H,15H2,1-2H3/b11-4+. The van der Waals surface area contributed by atoms with E-state index in [1.54, 1.807) is 43.5 Å². The fraction of sp³-hybridized carbons (Fsp3) is 0.125. The number of aryl methyl sites for hydroxylation is 1. The fourth-order valence-electron chi connectivity index (χ4n) is 2.94. The van der Waals surface area contributed by atoms with Crippen molar-refractivity contribution in [3.63, 3.8) is 0 Å². The van der Waals surface area contributed by atoms with Crippen LogP contribution in [0.5, 0.6) is 11.5 Å². The second-order valence-electron chi connectivity index (χ2n) is 6.79. The Labute approximate surface area is 188 Å². The van der Waals surface area contributed by atoms with E-state index in [0.717, 1.165) is 15.6 Å².